The van der Waals surface area contributed by atoms with E-state index in [9.17, 15) is 9.59 Å². The molecule has 3 N–H and O–H groups in total. The minimum absolute atomic E-state index is 0.0133. The predicted molar refractivity (Wildman–Crippen MR) is 80.4 cm³/mol. The lowest BCUT2D eigenvalue weighted by molar-refractivity contribution is -0.884. The monoisotopic (exact) mass is 305 g/mol. The third kappa shape index (κ3) is 3.37. The number of nitrogens with zero attached hydrogens (tertiary/aromatic N) is 1. The average Bonchev–Trinajstić information content (AvgIpc) is 2.50. The van der Waals surface area contributed by atoms with Gasteiger partial charge in [-0.2, -0.15) is 0 Å². The summed E-state index contributed by atoms with van der Waals surface area (Å²) in [7, 11) is 2.14. The summed E-state index contributed by atoms with van der Waals surface area (Å²) in [4.78, 5) is 25.5. The van der Waals surface area contributed by atoms with Gasteiger partial charge >= 0.3 is 0 Å². The van der Waals surface area contributed by atoms with Gasteiger partial charge in [-0.05, 0) is 12.1 Å². The number of carbonyl (C=O) groups is 2. The van der Waals surface area contributed by atoms with Gasteiger partial charge in [0, 0.05) is 0 Å². The standard InChI is InChI=1S/C15H20N4O3/c1-18-6-8-19(9-7-18)17-14(20)10-13-15(21)16-11-4-2-3-5-12(11)22-13/h2-5,13H,6-10H2,1H3,(H,16,21)(H,17,20)/p+1/t13-/m0/s1. The molecule has 1 aromatic rings. The molecule has 2 aliphatic rings. The number of amides is 2. The molecule has 1 saturated heterocycles. The van der Waals surface area contributed by atoms with Crippen molar-refractivity contribution in [2.75, 3.05) is 38.5 Å². The number of likely N-dealkylation sites (N-methyl/N-ethyl adjacent to an activating group) is 1. The number of para-hydroxylation sites is 2. The van der Waals surface area contributed by atoms with Crippen LogP contribution in [0.25, 0.3) is 0 Å². The van der Waals surface area contributed by atoms with Gasteiger partial charge in [0.25, 0.3) is 5.91 Å². The fourth-order valence-electron chi connectivity index (χ4n) is 2.62. The molecule has 0 saturated carbocycles. The van der Waals surface area contributed by atoms with E-state index in [0.29, 0.717) is 11.4 Å². The molecular formula is C15H21N4O3+. The fourth-order valence-corrected chi connectivity index (χ4v) is 2.62. The van der Waals surface area contributed by atoms with Gasteiger partial charge < -0.3 is 15.0 Å². The molecule has 0 aliphatic carbocycles. The van der Waals surface area contributed by atoms with E-state index in [2.05, 4.69) is 17.8 Å². The summed E-state index contributed by atoms with van der Waals surface area (Å²) in [5.74, 6) is 0.124. The number of fused-ring (bicyclic) bond motifs is 1. The molecule has 7 nitrogen and oxygen atoms in total. The Bertz CT molecular complexity index is 570. The van der Waals surface area contributed by atoms with Crippen molar-refractivity contribution in [3.05, 3.63) is 24.3 Å². The summed E-state index contributed by atoms with van der Waals surface area (Å²) in [5.41, 5.74) is 3.50. The van der Waals surface area contributed by atoms with Crippen LogP contribution in [0.5, 0.6) is 5.75 Å². The van der Waals surface area contributed by atoms with Crippen molar-refractivity contribution >= 4 is 17.5 Å². The third-order valence-corrected chi connectivity index (χ3v) is 3.98. The van der Waals surface area contributed by atoms with Crippen LogP contribution in [0.1, 0.15) is 6.42 Å². The van der Waals surface area contributed by atoms with Crippen LogP contribution in [0, 0.1) is 0 Å². The zero-order chi connectivity index (χ0) is 15.5. The second-order valence-electron chi connectivity index (χ2n) is 5.78. The largest absolute Gasteiger partial charge is 0.478 e. The molecule has 1 fully saturated rings. The maximum atomic E-state index is 12.1. The van der Waals surface area contributed by atoms with Crippen LogP contribution in [-0.2, 0) is 9.59 Å². The molecule has 0 spiro atoms. The number of nitrogens with one attached hydrogen (secondary N) is 3. The minimum atomic E-state index is -0.784. The van der Waals surface area contributed by atoms with Crippen LogP contribution in [0.2, 0.25) is 0 Å². The van der Waals surface area contributed by atoms with Crippen molar-refractivity contribution in [2.45, 2.75) is 12.5 Å². The van der Waals surface area contributed by atoms with E-state index in [1.807, 2.05) is 17.1 Å². The van der Waals surface area contributed by atoms with Crippen molar-refractivity contribution in [1.82, 2.24) is 10.4 Å². The highest BCUT2D eigenvalue weighted by Crippen LogP contribution is 2.29. The van der Waals surface area contributed by atoms with Crippen molar-refractivity contribution in [3.8, 4) is 5.75 Å². The topological polar surface area (TPSA) is 75.1 Å². The van der Waals surface area contributed by atoms with Crippen molar-refractivity contribution in [2.24, 2.45) is 0 Å². The maximum Gasteiger partial charge on any atom is 0.266 e. The molecular weight excluding hydrogens is 284 g/mol. The number of quaternary nitrogens is 1. The van der Waals surface area contributed by atoms with Gasteiger partial charge in [-0.25, -0.2) is 5.01 Å². The first kappa shape index (κ1) is 14.8. The number of hydrogen-bond donors (Lipinski definition) is 3. The Kier molecular flexibility index (Phi) is 4.26. The Hall–Kier alpha value is -2.12. The van der Waals surface area contributed by atoms with E-state index in [4.69, 9.17) is 4.74 Å². The Morgan fingerprint density at radius 3 is 2.91 bits per heavy atom. The molecule has 0 aromatic heterocycles. The summed E-state index contributed by atoms with van der Waals surface area (Å²) >= 11 is 0. The maximum absolute atomic E-state index is 12.1. The number of hydrazine groups is 1. The number of hydrogen-bond acceptors (Lipinski definition) is 4. The van der Waals surface area contributed by atoms with Crippen LogP contribution >= 0.6 is 0 Å². The lowest BCUT2D eigenvalue weighted by Gasteiger charge is -2.31. The fraction of sp³-hybridized carbons (Fsp3) is 0.467. The van der Waals surface area contributed by atoms with Gasteiger partial charge in [-0.15, -0.1) is 0 Å². The van der Waals surface area contributed by atoms with Crippen LogP contribution in [-0.4, -0.2) is 56.2 Å². The van der Waals surface area contributed by atoms with Gasteiger partial charge in [-0.1, -0.05) is 12.1 Å². The first-order valence-electron chi connectivity index (χ1n) is 7.54. The van der Waals surface area contributed by atoms with Crippen LogP contribution in [0.15, 0.2) is 24.3 Å². The van der Waals surface area contributed by atoms with Gasteiger partial charge in [0.2, 0.25) is 5.91 Å². The molecule has 2 heterocycles. The molecule has 22 heavy (non-hydrogen) atoms. The third-order valence-electron chi connectivity index (χ3n) is 3.98. The van der Waals surface area contributed by atoms with E-state index in [1.54, 1.807) is 12.1 Å². The Morgan fingerprint density at radius 2 is 2.14 bits per heavy atom. The molecule has 2 amide bonds. The van der Waals surface area contributed by atoms with E-state index < -0.39 is 6.10 Å². The van der Waals surface area contributed by atoms with Gasteiger partial charge in [0.05, 0.1) is 45.3 Å². The molecule has 7 heteroatoms. The number of rotatable bonds is 3. The molecule has 0 radical (unpaired) electrons. The van der Waals surface area contributed by atoms with Crippen molar-refractivity contribution < 1.29 is 19.2 Å². The number of carbonyl (C=O) groups excluding carboxylic acids is 2. The Labute approximate surface area is 129 Å². The number of ether oxygens (including phenoxy) is 1. The Morgan fingerprint density at radius 1 is 1.41 bits per heavy atom. The lowest BCUT2D eigenvalue weighted by Crippen LogP contribution is -3.12. The van der Waals surface area contributed by atoms with E-state index in [1.165, 1.54) is 4.90 Å². The molecule has 118 valence electrons. The number of piperazine rings is 1. The van der Waals surface area contributed by atoms with Gasteiger partial charge in [0.15, 0.2) is 6.10 Å². The number of benzene rings is 1. The number of anilines is 1. The molecule has 3 rings (SSSR count). The zero-order valence-electron chi connectivity index (χ0n) is 12.6. The molecule has 0 bridgehead atoms. The highest BCUT2D eigenvalue weighted by molar-refractivity contribution is 5.99. The lowest BCUT2D eigenvalue weighted by atomic mass is 10.1. The summed E-state index contributed by atoms with van der Waals surface area (Å²) < 4.78 is 5.63. The van der Waals surface area contributed by atoms with Crippen LogP contribution in [0.3, 0.4) is 0 Å². The minimum Gasteiger partial charge on any atom is -0.478 e. The highest BCUT2D eigenvalue weighted by atomic mass is 16.5. The summed E-state index contributed by atoms with van der Waals surface area (Å²) in [6.45, 7) is 3.62. The normalized spacial score (nSPS) is 22.4. The van der Waals surface area contributed by atoms with Crippen LogP contribution < -0.4 is 20.4 Å². The van der Waals surface area contributed by atoms with Crippen molar-refractivity contribution in [3.63, 3.8) is 0 Å². The summed E-state index contributed by atoms with van der Waals surface area (Å²) in [6, 6.07) is 7.21. The SMILES string of the molecule is C[NH+]1CCN(NC(=O)C[C@@H]2Oc3ccccc3NC2=O)CC1. The first-order valence-corrected chi connectivity index (χ1v) is 7.54. The van der Waals surface area contributed by atoms with E-state index >= 15 is 0 Å². The predicted octanol–water partition coefficient (Wildman–Crippen LogP) is -1.36. The van der Waals surface area contributed by atoms with Gasteiger partial charge in [-0.3, -0.25) is 15.0 Å². The second-order valence-corrected chi connectivity index (χ2v) is 5.78. The summed E-state index contributed by atoms with van der Waals surface area (Å²) in [5, 5.41) is 4.67. The highest BCUT2D eigenvalue weighted by Gasteiger charge is 2.30. The molecule has 0 unspecified atom stereocenters. The molecule has 1 atom stereocenters. The van der Waals surface area contributed by atoms with Crippen molar-refractivity contribution in [1.29, 1.82) is 0 Å². The smallest absolute Gasteiger partial charge is 0.266 e. The van der Waals surface area contributed by atoms with Crippen LogP contribution in [0.4, 0.5) is 5.69 Å². The van der Waals surface area contributed by atoms with E-state index in [0.717, 1.165) is 26.2 Å². The van der Waals surface area contributed by atoms with E-state index in [-0.39, 0.29) is 18.2 Å². The quantitative estimate of drug-likeness (QED) is 0.645. The summed E-state index contributed by atoms with van der Waals surface area (Å²) in [6.07, 6.45) is -0.771. The molecule has 1 aromatic carbocycles. The Balaban J connectivity index is 1.54. The van der Waals surface area contributed by atoms with Gasteiger partial charge in [0.1, 0.15) is 5.75 Å². The molecule has 2 aliphatic heterocycles. The first-order chi connectivity index (χ1) is 10.6. The average molecular weight is 305 g/mol. The second kappa shape index (κ2) is 6.33. The zero-order valence-corrected chi connectivity index (χ0v) is 12.6.